The highest BCUT2D eigenvalue weighted by atomic mass is 16.5. The molecule has 2 N–H and O–H groups in total. The predicted octanol–water partition coefficient (Wildman–Crippen LogP) is 1.59. The third kappa shape index (κ3) is 2.65. The van der Waals surface area contributed by atoms with Gasteiger partial charge in [-0.2, -0.15) is 0 Å². The van der Waals surface area contributed by atoms with Crippen LogP contribution in [0.4, 0.5) is 0 Å². The van der Waals surface area contributed by atoms with Crippen LogP contribution in [0.25, 0.3) is 0 Å². The largest absolute Gasteiger partial charge is 0.378 e. The third-order valence-corrected chi connectivity index (χ3v) is 5.12. The van der Waals surface area contributed by atoms with Gasteiger partial charge >= 0.3 is 0 Å². The molecule has 3 fully saturated rings. The van der Waals surface area contributed by atoms with Gasteiger partial charge in [0.2, 0.25) is 5.91 Å². The van der Waals surface area contributed by atoms with Crippen molar-refractivity contribution in [3.05, 3.63) is 0 Å². The molecule has 0 saturated heterocycles. The maximum Gasteiger partial charge on any atom is 0.221 e. The average Bonchev–Trinajstić information content (AvgIpc) is 3.08. The van der Waals surface area contributed by atoms with Crippen LogP contribution in [0.2, 0.25) is 0 Å². The van der Waals surface area contributed by atoms with Crippen molar-refractivity contribution in [1.29, 1.82) is 0 Å². The van der Waals surface area contributed by atoms with Gasteiger partial charge < -0.3 is 15.4 Å². The molecule has 4 heteroatoms. The zero-order valence-corrected chi connectivity index (χ0v) is 11.9. The molecule has 1 spiro atoms. The summed E-state index contributed by atoms with van der Waals surface area (Å²) in [7, 11) is 0. The van der Waals surface area contributed by atoms with Gasteiger partial charge in [-0.1, -0.05) is 6.42 Å². The number of amides is 1. The molecule has 4 nitrogen and oxygen atoms in total. The number of ether oxygens (including phenoxy) is 1. The number of carbonyl (C=O) groups is 1. The maximum absolute atomic E-state index is 11.6. The highest BCUT2D eigenvalue weighted by Crippen LogP contribution is 2.57. The van der Waals surface area contributed by atoms with Crippen LogP contribution in [0.5, 0.6) is 0 Å². The number of rotatable bonds is 7. The normalized spacial score (nSPS) is 31.6. The molecule has 2 unspecified atom stereocenters. The van der Waals surface area contributed by atoms with Crippen molar-refractivity contribution < 1.29 is 9.53 Å². The molecule has 2 atom stereocenters. The minimum absolute atomic E-state index is 0.207. The van der Waals surface area contributed by atoms with E-state index in [1.54, 1.807) is 0 Å². The molecule has 0 heterocycles. The first kappa shape index (κ1) is 13.4. The molecule has 1 amide bonds. The van der Waals surface area contributed by atoms with Gasteiger partial charge in [0.1, 0.15) is 0 Å². The fourth-order valence-corrected chi connectivity index (χ4v) is 3.61. The quantitative estimate of drug-likeness (QED) is 0.736. The van der Waals surface area contributed by atoms with E-state index in [9.17, 15) is 4.79 Å². The van der Waals surface area contributed by atoms with Crippen molar-refractivity contribution in [2.24, 2.45) is 5.41 Å². The van der Waals surface area contributed by atoms with Gasteiger partial charge in [0.25, 0.3) is 0 Å². The molecule has 108 valence electrons. The fraction of sp³-hybridized carbons (Fsp3) is 0.933. The second-order valence-corrected chi connectivity index (χ2v) is 6.36. The summed E-state index contributed by atoms with van der Waals surface area (Å²) in [6, 6.07) is 1.06. The number of hydrogen-bond donors (Lipinski definition) is 2. The summed E-state index contributed by atoms with van der Waals surface area (Å²) < 4.78 is 5.83. The molecule has 0 radical (unpaired) electrons. The Hall–Kier alpha value is -0.610. The molecule has 0 aromatic rings. The molecule has 3 aliphatic rings. The molecule has 19 heavy (non-hydrogen) atoms. The van der Waals surface area contributed by atoms with Crippen LogP contribution in [-0.4, -0.2) is 37.2 Å². The fourth-order valence-electron chi connectivity index (χ4n) is 3.61. The van der Waals surface area contributed by atoms with Gasteiger partial charge in [0.15, 0.2) is 0 Å². The monoisotopic (exact) mass is 266 g/mol. The molecule has 3 saturated carbocycles. The van der Waals surface area contributed by atoms with E-state index in [-0.39, 0.29) is 5.91 Å². The Morgan fingerprint density at radius 1 is 1.37 bits per heavy atom. The zero-order chi connectivity index (χ0) is 13.3. The Morgan fingerprint density at radius 3 is 2.74 bits per heavy atom. The molecule has 3 aliphatic carbocycles. The van der Waals surface area contributed by atoms with Crippen LogP contribution in [0.1, 0.15) is 51.9 Å². The van der Waals surface area contributed by atoms with Crippen LogP contribution >= 0.6 is 0 Å². The second kappa shape index (κ2) is 5.41. The van der Waals surface area contributed by atoms with E-state index in [1.807, 2.05) is 0 Å². The van der Waals surface area contributed by atoms with Crippen molar-refractivity contribution in [2.45, 2.75) is 70.1 Å². The zero-order valence-electron chi connectivity index (χ0n) is 11.9. The highest BCUT2D eigenvalue weighted by Gasteiger charge is 2.58. The van der Waals surface area contributed by atoms with E-state index in [0.29, 0.717) is 30.0 Å². The molecule has 3 rings (SSSR count). The van der Waals surface area contributed by atoms with Crippen molar-refractivity contribution in [3.8, 4) is 0 Å². The Morgan fingerprint density at radius 2 is 2.16 bits per heavy atom. The van der Waals surface area contributed by atoms with Gasteiger partial charge in [-0.15, -0.1) is 0 Å². The van der Waals surface area contributed by atoms with E-state index >= 15 is 0 Å². The van der Waals surface area contributed by atoms with Crippen LogP contribution in [0, 0.1) is 5.41 Å². The van der Waals surface area contributed by atoms with Crippen molar-refractivity contribution in [3.63, 3.8) is 0 Å². The van der Waals surface area contributed by atoms with Gasteiger partial charge in [-0.3, -0.25) is 4.79 Å². The molecule has 0 aromatic carbocycles. The first-order chi connectivity index (χ1) is 9.24. The minimum Gasteiger partial charge on any atom is -0.378 e. The molecular formula is C15H26N2O2. The van der Waals surface area contributed by atoms with Gasteiger partial charge in [-0.25, -0.2) is 0 Å². The summed E-state index contributed by atoms with van der Waals surface area (Å²) >= 11 is 0. The second-order valence-electron chi connectivity index (χ2n) is 6.36. The minimum atomic E-state index is 0.207. The summed E-state index contributed by atoms with van der Waals surface area (Å²) in [6.45, 7) is 3.71. The Bertz CT molecular complexity index is 337. The van der Waals surface area contributed by atoms with Gasteiger partial charge in [0, 0.05) is 37.1 Å². The van der Waals surface area contributed by atoms with Crippen molar-refractivity contribution in [2.75, 3.05) is 13.2 Å². The van der Waals surface area contributed by atoms with Gasteiger partial charge in [-0.05, 0) is 39.0 Å². The van der Waals surface area contributed by atoms with Crippen LogP contribution in [0.15, 0.2) is 0 Å². The summed E-state index contributed by atoms with van der Waals surface area (Å²) in [4.78, 5) is 11.6. The molecule has 0 aliphatic heterocycles. The lowest BCUT2D eigenvalue weighted by molar-refractivity contribution is -0.172. The van der Waals surface area contributed by atoms with Crippen LogP contribution < -0.4 is 10.6 Å². The van der Waals surface area contributed by atoms with Crippen molar-refractivity contribution >= 4 is 5.91 Å². The first-order valence-electron chi connectivity index (χ1n) is 7.89. The number of hydrogen-bond acceptors (Lipinski definition) is 3. The summed E-state index contributed by atoms with van der Waals surface area (Å²) in [5.74, 6) is 0.207. The van der Waals surface area contributed by atoms with E-state index in [0.717, 1.165) is 19.6 Å². The Balaban J connectivity index is 1.37. The topological polar surface area (TPSA) is 50.4 Å². The Labute approximate surface area is 115 Å². The Kier molecular flexibility index (Phi) is 3.81. The summed E-state index contributed by atoms with van der Waals surface area (Å²) in [5, 5.41) is 6.62. The number of carbonyl (C=O) groups excluding carboxylic acids is 1. The standard InChI is InChI=1S/C15H26N2O2/c1-2-19-13-10-12(15(13)7-3-8-15)16-9-6-14(18)17-11-4-5-11/h11-13,16H,2-10H2,1H3,(H,17,18). The van der Waals surface area contributed by atoms with Gasteiger partial charge in [0.05, 0.1) is 6.10 Å². The summed E-state index contributed by atoms with van der Waals surface area (Å²) in [6.07, 6.45) is 8.46. The maximum atomic E-state index is 11.6. The molecule has 0 aromatic heterocycles. The number of nitrogens with one attached hydrogen (secondary N) is 2. The van der Waals surface area contributed by atoms with E-state index in [1.165, 1.54) is 32.1 Å². The summed E-state index contributed by atoms with van der Waals surface area (Å²) in [5.41, 5.74) is 0.406. The van der Waals surface area contributed by atoms with E-state index in [2.05, 4.69) is 17.6 Å². The van der Waals surface area contributed by atoms with E-state index in [4.69, 9.17) is 4.74 Å². The van der Waals surface area contributed by atoms with Crippen LogP contribution in [0.3, 0.4) is 0 Å². The lowest BCUT2D eigenvalue weighted by Gasteiger charge is -2.61. The first-order valence-corrected chi connectivity index (χ1v) is 7.89. The van der Waals surface area contributed by atoms with E-state index < -0.39 is 0 Å². The lowest BCUT2D eigenvalue weighted by atomic mass is 9.51. The molecule has 0 bridgehead atoms. The van der Waals surface area contributed by atoms with Crippen LogP contribution in [-0.2, 0) is 9.53 Å². The lowest BCUT2D eigenvalue weighted by Crippen LogP contribution is -2.67. The van der Waals surface area contributed by atoms with Crippen molar-refractivity contribution in [1.82, 2.24) is 10.6 Å². The SMILES string of the molecule is CCOC1CC(NCCC(=O)NC2CC2)C12CCC2. The predicted molar refractivity (Wildman–Crippen MR) is 73.9 cm³/mol. The average molecular weight is 266 g/mol. The highest BCUT2D eigenvalue weighted by molar-refractivity contribution is 5.76. The smallest absolute Gasteiger partial charge is 0.221 e. The molecular weight excluding hydrogens is 240 g/mol. The third-order valence-electron chi connectivity index (χ3n) is 5.12.